The predicted molar refractivity (Wildman–Crippen MR) is 116 cm³/mol. The van der Waals surface area contributed by atoms with Crippen molar-refractivity contribution in [3.8, 4) is 0 Å². The predicted octanol–water partition coefficient (Wildman–Crippen LogP) is 4.83. The molecule has 0 bridgehead atoms. The van der Waals surface area contributed by atoms with Gasteiger partial charge >= 0.3 is 0 Å². The number of carbonyl (C=O) groups excluding carboxylic acids is 1. The number of halogens is 1. The van der Waals surface area contributed by atoms with Gasteiger partial charge in [-0.25, -0.2) is 4.98 Å². The molecule has 4 rings (SSSR count). The molecule has 1 fully saturated rings. The standard InChI is InChI=1S/C22H24ClN3OS/c1-15(21(27)24-14-16-5-3-2-4-6-16)26-11-9-17(10-12-26)22-25-19-13-18(23)7-8-20(19)28-22/h2-8,13,15,17H,9-12,14H2,1H3,(H,24,27). The smallest absolute Gasteiger partial charge is 0.237 e. The van der Waals surface area contributed by atoms with E-state index in [2.05, 4.69) is 10.2 Å². The molecule has 0 radical (unpaired) electrons. The Labute approximate surface area is 174 Å². The number of hydrogen-bond acceptors (Lipinski definition) is 4. The van der Waals surface area contributed by atoms with Crippen molar-refractivity contribution in [1.29, 1.82) is 0 Å². The molecule has 6 heteroatoms. The van der Waals surface area contributed by atoms with E-state index in [9.17, 15) is 4.79 Å². The van der Waals surface area contributed by atoms with Crippen molar-refractivity contribution in [2.45, 2.75) is 38.3 Å². The van der Waals surface area contributed by atoms with Crippen molar-refractivity contribution in [3.05, 3.63) is 64.1 Å². The van der Waals surface area contributed by atoms with Crippen molar-refractivity contribution in [2.75, 3.05) is 13.1 Å². The fourth-order valence-corrected chi connectivity index (χ4v) is 5.01. The first-order valence-electron chi connectivity index (χ1n) is 9.72. The fraction of sp³-hybridized carbons (Fsp3) is 0.364. The molecule has 1 aliphatic rings. The van der Waals surface area contributed by atoms with E-state index in [1.54, 1.807) is 11.3 Å². The number of hydrogen-bond donors (Lipinski definition) is 1. The third kappa shape index (κ3) is 4.37. The molecular weight excluding hydrogens is 390 g/mol. The number of benzene rings is 2. The second kappa shape index (κ2) is 8.60. The van der Waals surface area contributed by atoms with Crippen LogP contribution in [0.3, 0.4) is 0 Å². The summed E-state index contributed by atoms with van der Waals surface area (Å²) in [5, 5.41) is 4.98. The summed E-state index contributed by atoms with van der Waals surface area (Å²) in [6, 6.07) is 15.8. The minimum absolute atomic E-state index is 0.0944. The van der Waals surface area contributed by atoms with Gasteiger partial charge < -0.3 is 5.32 Å². The van der Waals surface area contributed by atoms with E-state index in [1.165, 1.54) is 9.71 Å². The van der Waals surface area contributed by atoms with Gasteiger partial charge in [-0.1, -0.05) is 41.9 Å². The first-order valence-corrected chi connectivity index (χ1v) is 10.9. The van der Waals surface area contributed by atoms with Gasteiger partial charge in [0.05, 0.1) is 21.3 Å². The van der Waals surface area contributed by atoms with Gasteiger partial charge in [0.25, 0.3) is 0 Å². The van der Waals surface area contributed by atoms with E-state index in [-0.39, 0.29) is 11.9 Å². The summed E-state index contributed by atoms with van der Waals surface area (Å²) < 4.78 is 1.19. The normalized spacial score (nSPS) is 16.9. The molecule has 2 heterocycles. The summed E-state index contributed by atoms with van der Waals surface area (Å²) in [6.07, 6.45) is 2.06. The van der Waals surface area contributed by atoms with Crippen LogP contribution < -0.4 is 5.32 Å². The zero-order chi connectivity index (χ0) is 19.5. The number of piperidine rings is 1. The largest absolute Gasteiger partial charge is 0.351 e. The van der Waals surface area contributed by atoms with Gasteiger partial charge in [0, 0.05) is 17.5 Å². The van der Waals surface area contributed by atoms with Gasteiger partial charge in [0.2, 0.25) is 5.91 Å². The van der Waals surface area contributed by atoms with Crippen molar-refractivity contribution < 1.29 is 4.79 Å². The van der Waals surface area contributed by atoms with Gasteiger partial charge in [-0.3, -0.25) is 9.69 Å². The third-order valence-corrected chi connectivity index (χ3v) is 6.92. The van der Waals surface area contributed by atoms with E-state index in [0.29, 0.717) is 12.5 Å². The maximum atomic E-state index is 12.5. The molecule has 1 N–H and O–H groups in total. The van der Waals surface area contributed by atoms with Crippen LogP contribution in [-0.2, 0) is 11.3 Å². The Kier molecular flexibility index (Phi) is 5.95. The van der Waals surface area contributed by atoms with E-state index >= 15 is 0 Å². The molecule has 4 nitrogen and oxygen atoms in total. The molecule has 1 unspecified atom stereocenters. The summed E-state index contributed by atoms with van der Waals surface area (Å²) >= 11 is 7.85. The molecule has 1 saturated heterocycles. The summed E-state index contributed by atoms with van der Waals surface area (Å²) in [5.41, 5.74) is 2.11. The van der Waals surface area contributed by atoms with Crippen LogP contribution in [-0.4, -0.2) is 34.9 Å². The second-order valence-electron chi connectivity index (χ2n) is 7.35. The monoisotopic (exact) mass is 413 g/mol. The average Bonchev–Trinajstić information content (AvgIpc) is 3.15. The van der Waals surface area contributed by atoms with E-state index < -0.39 is 0 Å². The fourth-order valence-electron chi connectivity index (χ4n) is 3.73. The van der Waals surface area contributed by atoms with Crippen LogP contribution in [0, 0.1) is 0 Å². The Hall–Kier alpha value is -1.95. The van der Waals surface area contributed by atoms with Crippen LogP contribution in [0.2, 0.25) is 5.02 Å². The number of nitrogens with one attached hydrogen (secondary N) is 1. The average molecular weight is 414 g/mol. The summed E-state index contributed by atoms with van der Waals surface area (Å²) in [5.74, 6) is 0.559. The van der Waals surface area contributed by atoms with E-state index in [4.69, 9.17) is 16.6 Å². The summed E-state index contributed by atoms with van der Waals surface area (Å²) in [4.78, 5) is 19.6. The number of fused-ring (bicyclic) bond motifs is 1. The topological polar surface area (TPSA) is 45.2 Å². The quantitative estimate of drug-likeness (QED) is 0.651. The highest BCUT2D eigenvalue weighted by atomic mass is 35.5. The maximum absolute atomic E-state index is 12.5. The highest BCUT2D eigenvalue weighted by molar-refractivity contribution is 7.18. The molecule has 0 spiro atoms. The Balaban J connectivity index is 1.31. The third-order valence-electron chi connectivity index (χ3n) is 5.48. The van der Waals surface area contributed by atoms with Gasteiger partial charge in [0.15, 0.2) is 0 Å². The lowest BCUT2D eigenvalue weighted by Crippen LogP contribution is -2.47. The van der Waals surface area contributed by atoms with Crippen LogP contribution in [0.15, 0.2) is 48.5 Å². The molecule has 146 valence electrons. The molecule has 1 amide bonds. The van der Waals surface area contributed by atoms with Crippen LogP contribution in [0.5, 0.6) is 0 Å². The Morgan fingerprint density at radius 3 is 2.75 bits per heavy atom. The van der Waals surface area contributed by atoms with Crippen molar-refractivity contribution in [3.63, 3.8) is 0 Å². The summed E-state index contributed by atoms with van der Waals surface area (Å²) in [7, 11) is 0. The zero-order valence-electron chi connectivity index (χ0n) is 15.9. The number of aromatic nitrogens is 1. The van der Waals surface area contributed by atoms with Crippen LogP contribution in [0.4, 0.5) is 0 Å². The van der Waals surface area contributed by atoms with Crippen molar-refractivity contribution in [1.82, 2.24) is 15.2 Å². The number of rotatable bonds is 5. The Bertz CT molecular complexity index is 951. The Morgan fingerprint density at radius 2 is 2.00 bits per heavy atom. The van der Waals surface area contributed by atoms with Gasteiger partial charge in [-0.05, 0) is 56.6 Å². The molecule has 0 aliphatic carbocycles. The molecule has 1 atom stereocenters. The van der Waals surface area contributed by atoms with Crippen LogP contribution >= 0.6 is 22.9 Å². The number of nitrogens with zero attached hydrogens (tertiary/aromatic N) is 2. The first-order chi connectivity index (χ1) is 13.6. The molecule has 2 aromatic carbocycles. The van der Waals surface area contributed by atoms with E-state index in [0.717, 1.165) is 42.0 Å². The lowest BCUT2D eigenvalue weighted by atomic mass is 9.96. The SMILES string of the molecule is CC(C(=O)NCc1ccccc1)N1CCC(c2nc3cc(Cl)ccc3s2)CC1. The lowest BCUT2D eigenvalue weighted by molar-refractivity contribution is -0.126. The van der Waals surface area contributed by atoms with Crippen LogP contribution in [0.1, 0.15) is 36.3 Å². The van der Waals surface area contributed by atoms with E-state index in [1.807, 2.05) is 55.5 Å². The van der Waals surface area contributed by atoms with Crippen molar-refractivity contribution in [2.24, 2.45) is 0 Å². The highest BCUT2D eigenvalue weighted by Crippen LogP contribution is 2.35. The van der Waals surface area contributed by atoms with Crippen molar-refractivity contribution >= 4 is 39.1 Å². The van der Waals surface area contributed by atoms with Gasteiger partial charge in [0.1, 0.15) is 0 Å². The number of amides is 1. The minimum atomic E-state index is -0.112. The number of carbonyl (C=O) groups is 1. The van der Waals surface area contributed by atoms with Crippen LogP contribution in [0.25, 0.3) is 10.2 Å². The molecule has 3 aromatic rings. The number of thiazole rings is 1. The second-order valence-corrected chi connectivity index (χ2v) is 8.85. The maximum Gasteiger partial charge on any atom is 0.237 e. The highest BCUT2D eigenvalue weighted by Gasteiger charge is 2.28. The number of likely N-dealkylation sites (tertiary alicyclic amines) is 1. The summed E-state index contributed by atoms with van der Waals surface area (Å²) in [6.45, 7) is 4.41. The van der Waals surface area contributed by atoms with Gasteiger partial charge in [-0.15, -0.1) is 11.3 Å². The molecule has 28 heavy (non-hydrogen) atoms. The molecule has 1 aliphatic heterocycles. The first kappa shape index (κ1) is 19.4. The van der Waals surface area contributed by atoms with Gasteiger partial charge in [-0.2, -0.15) is 0 Å². The Morgan fingerprint density at radius 1 is 1.25 bits per heavy atom. The molecule has 1 aromatic heterocycles. The molecule has 0 saturated carbocycles. The lowest BCUT2D eigenvalue weighted by Gasteiger charge is -2.34. The molecular formula is C22H24ClN3OS. The zero-order valence-corrected chi connectivity index (χ0v) is 17.5. The minimum Gasteiger partial charge on any atom is -0.351 e.